The highest BCUT2D eigenvalue weighted by molar-refractivity contribution is 7.22. The van der Waals surface area contributed by atoms with Gasteiger partial charge in [0.1, 0.15) is 36.6 Å². The highest BCUT2D eigenvalue weighted by atomic mass is 32.1. The number of hydrogen-bond donors (Lipinski definition) is 1. The van der Waals surface area contributed by atoms with Gasteiger partial charge in [-0.05, 0) is 110 Å². The summed E-state index contributed by atoms with van der Waals surface area (Å²) in [5.74, 6) is -3.84. The Morgan fingerprint density at radius 3 is 1.74 bits per heavy atom. The van der Waals surface area contributed by atoms with Gasteiger partial charge in [0.15, 0.2) is 0 Å². The molecule has 1 heterocycles. The lowest BCUT2D eigenvalue weighted by molar-refractivity contribution is -0.182. The van der Waals surface area contributed by atoms with Gasteiger partial charge in [-0.2, -0.15) is 5.10 Å². The van der Waals surface area contributed by atoms with Crippen LogP contribution in [0.3, 0.4) is 0 Å². The van der Waals surface area contributed by atoms with Crippen LogP contribution >= 0.6 is 11.3 Å². The highest BCUT2D eigenvalue weighted by Crippen LogP contribution is 2.27. The number of carbonyl (C=O) groups excluding carboxylic acids is 8. The second kappa shape index (κ2) is 40.0. The molecule has 0 radical (unpaired) electrons. The fourth-order valence-electron chi connectivity index (χ4n) is 7.45. The van der Waals surface area contributed by atoms with Gasteiger partial charge in [-0.15, -0.1) is 0 Å². The van der Waals surface area contributed by atoms with E-state index in [0.29, 0.717) is 60.9 Å². The van der Waals surface area contributed by atoms with Crippen LogP contribution in [0, 0.1) is 0 Å². The summed E-state index contributed by atoms with van der Waals surface area (Å²) in [4.78, 5) is 102. The van der Waals surface area contributed by atoms with Gasteiger partial charge in [-0.3, -0.25) is 15.0 Å². The Morgan fingerprint density at radius 1 is 0.557 bits per heavy atom. The lowest BCUT2D eigenvalue weighted by Crippen LogP contribution is -2.26. The summed E-state index contributed by atoms with van der Waals surface area (Å²) in [6.07, 6.45) is 7.24. The fourth-order valence-corrected chi connectivity index (χ4v) is 8.27. The summed E-state index contributed by atoms with van der Waals surface area (Å²) in [5, 5.41) is 4.94. The molecule has 0 aliphatic carbocycles. The Balaban J connectivity index is 1.14. The number of ether oxygens (including phenoxy) is 12. The van der Waals surface area contributed by atoms with Crippen LogP contribution in [0.25, 0.3) is 10.2 Å². The molecule has 2 atom stereocenters. The van der Waals surface area contributed by atoms with Gasteiger partial charge in [0.25, 0.3) is 0 Å². The third kappa shape index (κ3) is 27.2. The summed E-state index contributed by atoms with van der Waals surface area (Å²) in [7, 11) is 0. The van der Waals surface area contributed by atoms with Crippen molar-refractivity contribution in [2.24, 2.45) is 5.10 Å². The molecule has 5 rings (SSSR count). The SMILES string of the molecule is C=CC(=O)OCCCCCOC(CCOc1ccc(C(=O)OCCc2ccc(OC(=O)c3ccc(OCCC(COCCCCOC(=O)C=C)OC(=O)CCOC(=O)C=C)cc3)c(/C=N/Nc3nc4ccccc4s3)c2)cc1)OC(=O)CCOC(=O)C=C. The number of benzene rings is 4. The van der Waals surface area contributed by atoms with E-state index >= 15 is 0 Å². The summed E-state index contributed by atoms with van der Waals surface area (Å²) in [5.41, 5.74) is 5.38. The maximum atomic E-state index is 13.6. The zero-order valence-electron chi connectivity index (χ0n) is 48.6. The molecular weight excluding hydrogens is 1160 g/mol. The van der Waals surface area contributed by atoms with Crippen LogP contribution in [0.4, 0.5) is 5.13 Å². The molecule has 0 spiro atoms. The van der Waals surface area contributed by atoms with E-state index in [1.165, 1.54) is 29.7 Å². The Hall–Kier alpha value is -9.52. The van der Waals surface area contributed by atoms with Crippen LogP contribution in [-0.2, 0) is 77.8 Å². The predicted octanol–water partition coefficient (Wildman–Crippen LogP) is 9.36. The standard InChI is InChI=1S/C64H71N3O20S/c1-5-55(68)79-34-12-9-13-36-83-61(87-60(73)31-40-82-58(71)8-4)32-41-78-50-23-19-46(20-24-50)62(74)84-37-28-45-18-27-53(48(42-45)43-65-67-64-66-52-16-10-11-17-54(52)88-64)86-63(75)47-21-25-49(26-22-47)77-38-29-51(85-59(72)30-39-81-57(70)7-3)44-76-33-14-15-35-80-56(69)6-2/h5-8,10-11,16-27,42-43,51,61H,1-4,9,12-15,28-41,44H2,(H,66,67)/b65-43+. The minimum atomic E-state index is -0.976. The van der Waals surface area contributed by atoms with Crippen molar-refractivity contribution >= 4 is 80.7 Å². The number of nitrogens with zero attached hydrogens (tertiary/aromatic N) is 2. The van der Waals surface area contributed by atoms with E-state index < -0.39 is 60.1 Å². The van der Waals surface area contributed by atoms with Crippen LogP contribution in [-0.4, -0.2) is 137 Å². The number of fused-ring (bicyclic) bond motifs is 1. The van der Waals surface area contributed by atoms with Crippen molar-refractivity contribution < 1.29 is 95.2 Å². The Morgan fingerprint density at radius 2 is 1.11 bits per heavy atom. The third-order valence-corrected chi connectivity index (χ3v) is 12.9. The zero-order chi connectivity index (χ0) is 63.1. The number of thiazole rings is 1. The first-order valence-electron chi connectivity index (χ1n) is 28.1. The van der Waals surface area contributed by atoms with E-state index in [4.69, 9.17) is 56.8 Å². The van der Waals surface area contributed by atoms with Gasteiger partial charge in [-0.25, -0.2) is 33.8 Å². The van der Waals surface area contributed by atoms with Crippen LogP contribution in [0.5, 0.6) is 17.2 Å². The van der Waals surface area contributed by atoms with Crippen molar-refractivity contribution in [3.8, 4) is 17.2 Å². The molecule has 0 saturated carbocycles. The number of nitrogens with one attached hydrogen (secondary N) is 1. The Bertz CT molecular complexity index is 3110. The van der Waals surface area contributed by atoms with Crippen LogP contribution in [0.15, 0.2) is 147 Å². The molecule has 0 fully saturated rings. The molecule has 1 aromatic heterocycles. The number of rotatable bonds is 43. The van der Waals surface area contributed by atoms with Crippen LogP contribution in [0.1, 0.15) is 89.6 Å². The molecule has 23 nitrogen and oxygen atoms in total. The number of hydrazone groups is 1. The van der Waals surface area contributed by atoms with E-state index in [-0.39, 0.29) is 108 Å². The molecular formula is C64H71N3O20S. The van der Waals surface area contributed by atoms with E-state index in [0.717, 1.165) is 40.1 Å². The molecule has 1 N–H and O–H groups in total. The highest BCUT2D eigenvalue weighted by Gasteiger charge is 2.20. The molecule has 2 unspecified atom stereocenters. The molecule has 0 amide bonds. The summed E-state index contributed by atoms with van der Waals surface area (Å²) in [6, 6.07) is 25.3. The van der Waals surface area contributed by atoms with Gasteiger partial charge < -0.3 is 56.8 Å². The first-order valence-corrected chi connectivity index (χ1v) is 28.9. The zero-order valence-corrected chi connectivity index (χ0v) is 49.5. The average molecular weight is 1230 g/mol. The van der Waals surface area contributed by atoms with Crippen molar-refractivity contribution in [1.82, 2.24) is 4.98 Å². The minimum Gasteiger partial charge on any atom is -0.493 e. The topological polar surface area (TPSA) is 285 Å². The molecule has 0 aliphatic rings. The molecule has 88 heavy (non-hydrogen) atoms. The molecule has 0 bridgehead atoms. The Labute approximate surface area is 513 Å². The van der Waals surface area contributed by atoms with E-state index in [1.807, 2.05) is 24.3 Å². The van der Waals surface area contributed by atoms with Crippen LogP contribution in [0.2, 0.25) is 0 Å². The average Bonchev–Trinajstić information content (AvgIpc) is 4.23. The number of hydrogen-bond acceptors (Lipinski definition) is 24. The number of esters is 8. The van der Waals surface area contributed by atoms with E-state index in [1.54, 1.807) is 54.6 Å². The first kappa shape index (κ1) is 69.3. The lowest BCUT2D eigenvalue weighted by atomic mass is 10.1. The molecule has 5 aromatic rings. The quantitative estimate of drug-likeness (QED) is 0.00555. The summed E-state index contributed by atoms with van der Waals surface area (Å²) >= 11 is 1.41. The second-order valence-corrected chi connectivity index (χ2v) is 19.6. The van der Waals surface area contributed by atoms with Gasteiger partial charge in [-0.1, -0.05) is 55.9 Å². The molecule has 0 aliphatic heterocycles. The van der Waals surface area contributed by atoms with Crippen molar-refractivity contribution in [3.05, 3.63) is 164 Å². The fraction of sp³-hybridized carbons (Fsp3) is 0.344. The Kier molecular flexibility index (Phi) is 31.5. The monoisotopic (exact) mass is 1230 g/mol. The van der Waals surface area contributed by atoms with Gasteiger partial charge in [0, 0.05) is 55.7 Å². The molecule has 24 heteroatoms. The summed E-state index contributed by atoms with van der Waals surface area (Å²) < 4.78 is 66.6. The number of carbonyl (C=O) groups is 8. The van der Waals surface area contributed by atoms with E-state index in [2.05, 4.69) is 41.8 Å². The van der Waals surface area contributed by atoms with Crippen molar-refractivity contribution in [2.75, 3.05) is 71.5 Å². The number of anilines is 1. The summed E-state index contributed by atoms with van der Waals surface area (Å²) in [6.45, 7) is 14.2. The van der Waals surface area contributed by atoms with Crippen molar-refractivity contribution in [2.45, 2.75) is 76.6 Å². The maximum Gasteiger partial charge on any atom is 0.343 e. The molecule has 468 valence electrons. The number of para-hydroxylation sites is 1. The van der Waals surface area contributed by atoms with Crippen molar-refractivity contribution in [3.63, 3.8) is 0 Å². The normalized spacial score (nSPS) is 11.5. The van der Waals surface area contributed by atoms with Gasteiger partial charge in [0.2, 0.25) is 11.4 Å². The third-order valence-electron chi connectivity index (χ3n) is 12.0. The molecule has 0 saturated heterocycles. The van der Waals surface area contributed by atoms with E-state index in [9.17, 15) is 38.4 Å². The van der Waals surface area contributed by atoms with Crippen LogP contribution < -0.4 is 19.6 Å². The number of aromatic nitrogens is 1. The first-order chi connectivity index (χ1) is 42.7. The van der Waals surface area contributed by atoms with Gasteiger partial charge >= 0.3 is 47.8 Å². The second-order valence-electron chi connectivity index (χ2n) is 18.6. The predicted molar refractivity (Wildman–Crippen MR) is 323 cm³/mol. The number of unbranched alkanes of at least 4 members (excludes halogenated alkanes) is 3. The maximum absolute atomic E-state index is 13.6. The lowest BCUT2D eigenvalue weighted by Gasteiger charge is -2.19. The largest absolute Gasteiger partial charge is 0.493 e. The van der Waals surface area contributed by atoms with Gasteiger partial charge in [0.05, 0.1) is 86.6 Å². The molecule has 4 aromatic carbocycles. The minimum absolute atomic E-state index is 0.00265. The smallest absolute Gasteiger partial charge is 0.343 e. The van der Waals surface area contributed by atoms with Crippen molar-refractivity contribution in [1.29, 1.82) is 0 Å².